The maximum atomic E-state index is 9.98. The van der Waals surface area contributed by atoms with Crippen molar-refractivity contribution in [2.75, 3.05) is 33.7 Å². The number of methoxy groups -OCH3 is 1. The predicted octanol–water partition coefficient (Wildman–Crippen LogP) is 1.03. The third-order valence-corrected chi connectivity index (χ3v) is 3.95. The van der Waals surface area contributed by atoms with Crippen molar-refractivity contribution in [1.29, 1.82) is 0 Å². The molecule has 16 heavy (non-hydrogen) atoms. The summed E-state index contributed by atoms with van der Waals surface area (Å²) < 4.78 is 15.5. The summed E-state index contributed by atoms with van der Waals surface area (Å²) in [6, 6.07) is 0. The van der Waals surface area contributed by atoms with Crippen LogP contribution in [0.4, 0.5) is 0 Å². The highest BCUT2D eigenvalue weighted by molar-refractivity contribution is 4.96. The molecule has 2 bridgehead atoms. The Morgan fingerprint density at radius 1 is 1.12 bits per heavy atom. The Morgan fingerprint density at radius 2 is 1.94 bits per heavy atom. The molecular weight excluding hydrogens is 208 g/mol. The van der Waals surface area contributed by atoms with Crippen molar-refractivity contribution in [1.82, 2.24) is 0 Å². The van der Waals surface area contributed by atoms with Gasteiger partial charge < -0.3 is 19.3 Å². The Bertz CT molecular complexity index is 207. The van der Waals surface area contributed by atoms with Crippen molar-refractivity contribution < 1.29 is 19.3 Å². The highest BCUT2D eigenvalue weighted by Gasteiger charge is 2.46. The van der Waals surface area contributed by atoms with Crippen LogP contribution in [-0.4, -0.2) is 44.9 Å². The van der Waals surface area contributed by atoms with E-state index >= 15 is 0 Å². The van der Waals surface area contributed by atoms with Gasteiger partial charge in [-0.25, -0.2) is 0 Å². The van der Waals surface area contributed by atoms with Crippen LogP contribution in [0, 0.1) is 17.8 Å². The molecule has 0 radical (unpaired) electrons. The van der Waals surface area contributed by atoms with Crippen LogP contribution in [0.25, 0.3) is 0 Å². The van der Waals surface area contributed by atoms with Crippen molar-refractivity contribution in [3.63, 3.8) is 0 Å². The molecule has 2 fully saturated rings. The van der Waals surface area contributed by atoms with Crippen LogP contribution in [0.5, 0.6) is 0 Å². The van der Waals surface area contributed by atoms with Crippen LogP contribution in [-0.2, 0) is 14.2 Å². The summed E-state index contributed by atoms with van der Waals surface area (Å²) >= 11 is 0. The zero-order valence-corrected chi connectivity index (χ0v) is 9.93. The third-order valence-electron chi connectivity index (χ3n) is 3.95. The first-order chi connectivity index (χ1) is 7.83. The van der Waals surface area contributed by atoms with Gasteiger partial charge in [0.2, 0.25) is 0 Å². The molecule has 0 aromatic heterocycles. The van der Waals surface area contributed by atoms with Crippen LogP contribution >= 0.6 is 0 Å². The highest BCUT2D eigenvalue weighted by atomic mass is 16.7. The van der Waals surface area contributed by atoms with Gasteiger partial charge in [0.05, 0.1) is 25.9 Å². The van der Waals surface area contributed by atoms with Crippen LogP contribution in [0.1, 0.15) is 19.3 Å². The van der Waals surface area contributed by atoms with Crippen LogP contribution in [0.3, 0.4) is 0 Å². The number of aliphatic hydroxyl groups excluding tert-OH is 1. The van der Waals surface area contributed by atoms with Crippen molar-refractivity contribution in [3.05, 3.63) is 0 Å². The Morgan fingerprint density at radius 3 is 2.62 bits per heavy atom. The molecule has 0 aliphatic heterocycles. The molecule has 0 aromatic carbocycles. The van der Waals surface area contributed by atoms with E-state index in [2.05, 4.69) is 0 Å². The summed E-state index contributed by atoms with van der Waals surface area (Å²) in [5.41, 5.74) is 0. The van der Waals surface area contributed by atoms with Crippen molar-refractivity contribution in [2.45, 2.75) is 25.4 Å². The molecule has 2 rings (SSSR count). The second-order valence-electron chi connectivity index (χ2n) is 4.88. The Kier molecular flexibility index (Phi) is 4.58. The van der Waals surface area contributed by atoms with E-state index in [-0.39, 0.29) is 6.10 Å². The lowest BCUT2D eigenvalue weighted by molar-refractivity contribution is -0.0924. The van der Waals surface area contributed by atoms with E-state index in [1.807, 2.05) is 0 Å². The average Bonchev–Trinajstić information content (AvgIpc) is 2.86. The Labute approximate surface area is 96.9 Å². The number of rotatable bonds is 7. The van der Waals surface area contributed by atoms with E-state index < -0.39 is 0 Å². The third kappa shape index (κ3) is 2.74. The van der Waals surface area contributed by atoms with Gasteiger partial charge in [-0.3, -0.25) is 0 Å². The normalized spacial score (nSPS) is 37.1. The first-order valence-electron chi connectivity index (χ1n) is 6.15. The summed E-state index contributed by atoms with van der Waals surface area (Å²) in [6.07, 6.45) is 3.52. The van der Waals surface area contributed by atoms with E-state index in [0.29, 0.717) is 44.4 Å². The largest absolute Gasteiger partial charge is 0.392 e. The van der Waals surface area contributed by atoms with Gasteiger partial charge in [0.25, 0.3) is 0 Å². The van der Waals surface area contributed by atoms with Gasteiger partial charge in [-0.2, -0.15) is 0 Å². The minimum Gasteiger partial charge on any atom is -0.392 e. The van der Waals surface area contributed by atoms with Crippen LogP contribution in [0.15, 0.2) is 0 Å². The molecule has 1 N–H and O–H groups in total. The first-order valence-corrected chi connectivity index (χ1v) is 6.15. The summed E-state index contributed by atoms with van der Waals surface area (Å²) in [7, 11) is 1.65. The summed E-state index contributed by atoms with van der Waals surface area (Å²) in [6.45, 7) is 2.11. The minimum atomic E-state index is -0.141. The fourth-order valence-electron chi connectivity index (χ4n) is 3.06. The molecule has 2 saturated carbocycles. The van der Waals surface area contributed by atoms with E-state index in [1.54, 1.807) is 7.11 Å². The summed E-state index contributed by atoms with van der Waals surface area (Å²) in [4.78, 5) is 0. The number of ether oxygens (including phenoxy) is 3. The Balaban J connectivity index is 1.56. The van der Waals surface area contributed by atoms with Crippen LogP contribution < -0.4 is 0 Å². The molecule has 0 heterocycles. The summed E-state index contributed by atoms with van der Waals surface area (Å²) in [5.74, 6) is 1.55. The fraction of sp³-hybridized carbons (Fsp3) is 1.00. The number of hydrogen-bond donors (Lipinski definition) is 1. The van der Waals surface area contributed by atoms with Crippen molar-refractivity contribution in [2.24, 2.45) is 17.8 Å². The molecule has 4 atom stereocenters. The molecule has 2 aliphatic rings. The van der Waals surface area contributed by atoms with E-state index in [4.69, 9.17) is 14.2 Å². The van der Waals surface area contributed by atoms with E-state index in [0.717, 1.165) is 0 Å². The van der Waals surface area contributed by atoms with Gasteiger partial charge in [0.1, 0.15) is 6.79 Å². The second kappa shape index (κ2) is 5.96. The van der Waals surface area contributed by atoms with E-state index in [9.17, 15) is 5.11 Å². The summed E-state index contributed by atoms with van der Waals surface area (Å²) in [5, 5.41) is 9.98. The minimum absolute atomic E-state index is 0.141. The molecule has 2 aliphatic carbocycles. The van der Waals surface area contributed by atoms with E-state index in [1.165, 1.54) is 19.3 Å². The molecule has 4 nitrogen and oxygen atoms in total. The SMILES string of the molecule is COCCOCOCC1C2CCC(C2)C1O. The van der Waals surface area contributed by atoms with Gasteiger partial charge in [0.15, 0.2) is 0 Å². The molecule has 0 aromatic rings. The zero-order valence-electron chi connectivity index (χ0n) is 9.93. The molecular formula is C12H22O4. The zero-order chi connectivity index (χ0) is 11.4. The smallest absolute Gasteiger partial charge is 0.146 e. The number of aliphatic hydroxyl groups is 1. The molecule has 94 valence electrons. The molecule has 0 spiro atoms. The lowest BCUT2D eigenvalue weighted by atomic mass is 9.87. The van der Waals surface area contributed by atoms with Gasteiger partial charge in [0, 0.05) is 13.0 Å². The maximum Gasteiger partial charge on any atom is 0.146 e. The lowest BCUT2D eigenvalue weighted by Crippen LogP contribution is -2.31. The van der Waals surface area contributed by atoms with Crippen molar-refractivity contribution >= 4 is 0 Å². The molecule has 4 heteroatoms. The molecule has 0 amide bonds. The van der Waals surface area contributed by atoms with Gasteiger partial charge in [-0.15, -0.1) is 0 Å². The number of hydrogen-bond acceptors (Lipinski definition) is 4. The van der Waals surface area contributed by atoms with Crippen molar-refractivity contribution in [3.8, 4) is 0 Å². The monoisotopic (exact) mass is 230 g/mol. The topological polar surface area (TPSA) is 47.9 Å². The highest BCUT2D eigenvalue weighted by Crippen LogP contribution is 2.48. The van der Waals surface area contributed by atoms with Gasteiger partial charge in [-0.1, -0.05) is 0 Å². The standard InChI is InChI=1S/C12H22O4/c1-14-4-5-15-8-16-7-11-9-2-3-10(6-9)12(11)13/h9-13H,2-8H2,1H3. The fourth-order valence-corrected chi connectivity index (χ4v) is 3.06. The maximum absolute atomic E-state index is 9.98. The van der Waals surface area contributed by atoms with Crippen LogP contribution in [0.2, 0.25) is 0 Å². The quantitative estimate of drug-likeness (QED) is 0.524. The van der Waals surface area contributed by atoms with Gasteiger partial charge in [-0.05, 0) is 31.1 Å². The first kappa shape index (κ1) is 12.3. The predicted molar refractivity (Wildman–Crippen MR) is 59.0 cm³/mol. The van der Waals surface area contributed by atoms with Gasteiger partial charge >= 0.3 is 0 Å². The Hall–Kier alpha value is -0.160. The average molecular weight is 230 g/mol. The molecule has 4 unspecified atom stereocenters. The lowest BCUT2D eigenvalue weighted by Gasteiger charge is -2.26. The number of fused-ring (bicyclic) bond motifs is 2. The second-order valence-corrected chi connectivity index (χ2v) is 4.88. The molecule has 0 saturated heterocycles.